The molecule has 1 aromatic rings. The van der Waals surface area contributed by atoms with Crippen LogP contribution in [0.4, 0.5) is 4.39 Å². The van der Waals surface area contributed by atoms with Crippen molar-refractivity contribution >= 4 is 0 Å². The standard InChI is InChI=1S/C13H19FN2/c14-12-6-4-5-11(9-12)13(10-15)16-7-2-1-3-8-16/h4-6,9,13H,1-3,7-8,10,15H2. The SMILES string of the molecule is NCC(c1cccc(F)c1)N1CCCCC1. The fraction of sp³-hybridized carbons (Fsp3) is 0.538. The van der Waals surface area contributed by atoms with E-state index >= 15 is 0 Å². The Balaban J connectivity index is 2.14. The average molecular weight is 222 g/mol. The molecule has 1 unspecified atom stereocenters. The highest BCUT2D eigenvalue weighted by molar-refractivity contribution is 5.20. The van der Waals surface area contributed by atoms with Crippen molar-refractivity contribution in [3.05, 3.63) is 35.6 Å². The highest BCUT2D eigenvalue weighted by Crippen LogP contribution is 2.23. The zero-order chi connectivity index (χ0) is 11.4. The van der Waals surface area contributed by atoms with E-state index in [0.717, 1.165) is 18.7 Å². The monoisotopic (exact) mass is 222 g/mol. The van der Waals surface area contributed by atoms with Gasteiger partial charge in [0.1, 0.15) is 5.82 Å². The Hall–Kier alpha value is -0.930. The highest BCUT2D eigenvalue weighted by atomic mass is 19.1. The predicted octanol–water partition coefficient (Wildman–Crippen LogP) is 2.31. The first kappa shape index (κ1) is 11.6. The summed E-state index contributed by atoms with van der Waals surface area (Å²) < 4.78 is 13.2. The molecule has 1 aliphatic rings. The Labute approximate surface area is 96.2 Å². The number of piperidine rings is 1. The number of rotatable bonds is 3. The van der Waals surface area contributed by atoms with E-state index in [2.05, 4.69) is 4.90 Å². The lowest BCUT2D eigenvalue weighted by Gasteiger charge is -2.34. The largest absolute Gasteiger partial charge is 0.329 e. The highest BCUT2D eigenvalue weighted by Gasteiger charge is 2.20. The summed E-state index contributed by atoms with van der Waals surface area (Å²) >= 11 is 0. The molecule has 1 aromatic carbocycles. The van der Waals surface area contributed by atoms with Crippen LogP contribution in [0.2, 0.25) is 0 Å². The molecule has 0 aliphatic carbocycles. The zero-order valence-electron chi connectivity index (χ0n) is 9.53. The second kappa shape index (κ2) is 5.41. The van der Waals surface area contributed by atoms with Gasteiger partial charge < -0.3 is 5.73 Å². The molecule has 88 valence electrons. The maximum atomic E-state index is 13.2. The number of hydrogen-bond acceptors (Lipinski definition) is 2. The molecule has 0 spiro atoms. The molecule has 0 saturated carbocycles. The van der Waals surface area contributed by atoms with Crippen molar-refractivity contribution in [3.8, 4) is 0 Å². The number of halogens is 1. The van der Waals surface area contributed by atoms with E-state index in [0.29, 0.717) is 6.54 Å². The van der Waals surface area contributed by atoms with Gasteiger partial charge in [-0.1, -0.05) is 18.6 Å². The van der Waals surface area contributed by atoms with Crippen LogP contribution in [0.25, 0.3) is 0 Å². The molecule has 3 heteroatoms. The molecule has 1 saturated heterocycles. The third-order valence-electron chi connectivity index (χ3n) is 3.29. The summed E-state index contributed by atoms with van der Waals surface area (Å²) in [5.41, 5.74) is 6.83. The van der Waals surface area contributed by atoms with E-state index in [4.69, 9.17) is 5.73 Å². The van der Waals surface area contributed by atoms with Crippen LogP contribution in [0.5, 0.6) is 0 Å². The van der Waals surface area contributed by atoms with Crippen molar-refractivity contribution in [2.45, 2.75) is 25.3 Å². The molecule has 0 amide bonds. The van der Waals surface area contributed by atoms with E-state index in [9.17, 15) is 4.39 Å². The first-order chi connectivity index (χ1) is 7.81. The van der Waals surface area contributed by atoms with Gasteiger partial charge in [-0.05, 0) is 43.6 Å². The third-order valence-corrected chi connectivity index (χ3v) is 3.29. The van der Waals surface area contributed by atoms with E-state index in [-0.39, 0.29) is 11.9 Å². The van der Waals surface area contributed by atoms with Crippen molar-refractivity contribution in [1.82, 2.24) is 4.90 Å². The molecule has 2 rings (SSSR count). The Bertz CT molecular complexity index is 334. The minimum absolute atomic E-state index is 0.173. The summed E-state index contributed by atoms with van der Waals surface area (Å²) in [6, 6.07) is 6.99. The zero-order valence-corrected chi connectivity index (χ0v) is 9.53. The van der Waals surface area contributed by atoms with E-state index in [1.807, 2.05) is 6.07 Å². The Morgan fingerprint density at radius 1 is 1.25 bits per heavy atom. The lowest BCUT2D eigenvalue weighted by molar-refractivity contribution is 0.167. The smallest absolute Gasteiger partial charge is 0.123 e. The number of nitrogens with two attached hydrogens (primary N) is 1. The van der Waals surface area contributed by atoms with Crippen molar-refractivity contribution in [3.63, 3.8) is 0 Å². The first-order valence-corrected chi connectivity index (χ1v) is 6.01. The molecule has 1 aliphatic heterocycles. The molecule has 1 heterocycles. The molecule has 1 atom stereocenters. The summed E-state index contributed by atoms with van der Waals surface area (Å²) in [7, 11) is 0. The van der Waals surface area contributed by atoms with Gasteiger partial charge in [0, 0.05) is 12.6 Å². The second-order valence-electron chi connectivity index (χ2n) is 4.40. The molecule has 2 nitrogen and oxygen atoms in total. The van der Waals surface area contributed by atoms with Crippen LogP contribution in [0, 0.1) is 5.82 Å². The van der Waals surface area contributed by atoms with Gasteiger partial charge in [0.05, 0.1) is 0 Å². The summed E-state index contributed by atoms with van der Waals surface area (Å²) in [6.45, 7) is 2.72. The van der Waals surface area contributed by atoms with Crippen LogP contribution in [0.3, 0.4) is 0 Å². The van der Waals surface area contributed by atoms with Crippen LogP contribution in [-0.2, 0) is 0 Å². The summed E-state index contributed by atoms with van der Waals surface area (Å²) in [4.78, 5) is 2.37. The third kappa shape index (κ3) is 2.60. The van der Waals surface area contributed by atoms with Crippen LogP contribution in [0.15, 0.2) is 24.3 Å². The maximum absolute atomic E-state index is 13.2. The minimum Gasteiger partial charge on any atom is -0.329 e. The molecular formula is C13H19FN2. The van der Waals surface area contributed by atoms with Crippen molar-refractivity contribution in [1.29, 1.82) is 0 Å². The number of likely N-dealkylation sites (tertiary alicyclic amines) is 1. The van der Waals surface area contributed by atoms with Crippen LogP contribution in [0.1, 0.15) is 30.9 Å². The van der Waals surface area contributed by atoms with Gasteiger partial charge in [-0.15, -0.1) is 0 Å². The maximum Gasteiger partial charge on any atom is 0.123 e. The van der Waals surface area contributed by atoms with E-state index < -0.39 is 0 Å². The van der Waals surface area contributed by atoms with E-state index in [1.165, 1.54) is 25.3 Å². The van der Waals surface area contributed by atoms with Gasteiger partial charge in [0.25, 0.3) is 0 Å². The van der Waals surface area contributed by atoms with Gasteiger partial charge in [-0.3, -0.25) is 4.90 Å². The summed E-state index contributed by atoms with van der Waals surface area (Å²) in [5, 5.41) is 0. The Morgan fingerprint density at radius 2 is 2.00 bits per heavy atom. The molecule has 0 bridgehead atoms. The number of benzene rings is 1. The summed E-state index contributed by atoms with van der Waals surface area (Å²) in [5.74, 6) is -0.173. The minimum atomic E-state index is -0.173. The first-order valence-electron chi connectivity index (χ1n) is 6.01. The van der Waals surface area contributed by atoms with Gasteiger partial charge in [-0.2, -0.15) is 0 Å². The average Bonchev–Trinajstić information content (AvgIpc) is 2.31. The molecule has 0 aromatic heterocycles. The quantitative estimate of drug-likeness (QED) is 0.850. The Kier molecular flexibility index (Phi) is 3.91. The fourth-order valence-corrected chi connectivity index (χ4v) is 2.44. The van der Waals surface area contributed by atoms with Crippen molar-refractivity contribution in [2.75, 3.05) is 19.6 Å². The van der Waals surface area contributed by atoms with E-state index in [1.54, 1.807) is 12.1 Å². The second-order valence-corrected chi connectivity index (χ2v) is 4.40. The normalized spacial score (nSPS) is 19.6. The van der Waals surface area contributed by atoms with Gasteiger partial charge in [0.2, 0.25) is 0 Å². The lowest BCUT2D eigenvalue weighted by Crippen LogP contribution is -2.37. The van der Waals surface area contributed by atoms with Crippen LogP contribution >= 0.6 is 0 Å². The topological polar surface area (TPSA) is 29.3 Å². The lowest BCUT2D eigenvalue weighted by atomic mass is 10.0. The van der Waals surface area contributed by atoms with Crippen molar-refractivity contribution < 1.29 is 4.39 Å². The van der Waals surface area contributed by atoms with Gasteiger partial charge in [0.15, 0.2) is 0 Å². The van der Waals surface area contributed by atoms with Crippen molar-refractivity contribution in [2.24, 2.45) is 5.73 Å². The van der Waals surface area contributed by atoms with Crippen LogP contribution < -0.4 is 5.73 Å². The fourth-order valence-electron chi connectivity index (χ4n) is 2.44. The molecule has 0 radical (unpaired) electrons. The molecule has 16 heavy (non-hydrogen) atoms. The summed E-state index contributed by atoms with van der Waals surface area (Å²) in [6.07, 6.45) is 3.76. The molecule has 2 N–H and O–H groups in total. The Morgan fingerprint density at radius 3 is 2.62 bits per heavy atom. The number of hydrogen-bond donors (Lipinski definition) is 1. The number of nitrogens with zero attached hydrogens (tertiary/aromatic N) is 1. The molecule has 1 fully saturated rings. The predicted molar refractivity (Wildman–Crippen MR) is 63.6 cm³/mol. The molecular weight excluding hydrogens is 203 g/mol. The van der Waals surface area contributed by atoms with Gasteiger partial charge >= 0.3 is 0 Å². The van der Waals surface area contributed by atoms with Gasteiger partial charge in [-0.25, -0.2) is 4.39 Å². The van der Waals surface area contributed by atoms with Crippen LogP contribution in [-0.4, -0.2) is 24.5 Å².